The van der Waals surface area contributed by atoms with Crippen LogP contribution in [0.15, 0.2) is 47.5 Å². The van der Waals surface area contributed by atoms with Crippen molar-refractivity contribution in [3.8, 4) is 0 Å². The number of likely N-dealkylation sites (N-methyl/N-ethyl adjacent to an activating group) is 1. The molecule has 266 valence electrons. The molecule has 3 aromatic rings. The van der Waals surface area contributed by atoms with Crippen molar-refractivity contribution >= 4 is 40.7 Å². The first-order valence-corrected chi connectivity index (χ1v) is 15.8. The number of nitrogens with zero attached hydrogens (tertiary/aromatic N) is 5. The van der Waals surface area contributed by atoms with Gasteiger partial charge < -0.3 is 29.2 Å². The third-order valence-corrected chi connectivity index (χ3v) is 7.00. The molecule has 13 nitrogen and oxygen atoms in total. The molecule has 3 amide bonds. The molecule has 2 aromatic heterocycles. The fourth-order valence-corrected chi connectivity index (χ4v) is 4.87. The first-order valence-electron chi connectivity index (χ1n) is 15.8. The maximum atomic E-state index is 14.8. The van der Waals surface area contributed by atoms with Gasteiger partial charge in [-0.1, -0.05) is 26.8 Å². The molecule has 3 rings (SSSR count). The smallest absolute Gasteiger partial charge is 0.419 e. The van der Waals surface area contributed by atoms with Crippen LogP contribution in [0.2, 0.25) is 0 Å². The molecule has 0 aliphatic carbocycles. The van der Waals surface area contributed by atoms with E-state index in [2.05, 4.69) is 10.3 Å². The zero-order valence-electron chi connectivity index (χ0n) is 29.9. The van der Waals surface area contributed by atoms with E-state index < -0.39 is 41.2 Å². The Morgan fingerprint density at radius 1 is 1.02 bits per heavy atom. The molecule has 1 unspecified atom stereocenters. The highest BCUT2D eigenvalue weighted by atomic mass is 19.1. The Bertz CT molecular complexity index is 1790. The Kier molecular flexibility index (Phi) is 12.1. The van der Waals surface area contributed by atoms with Crippen LogP contribution in [-0.2, 0) is 32.0 Å². The summed E-state index contributed by atoms with van der Waals surface area (Å²) < 4.78 is 28.5. The number of aromatic nitrogens is 3. The molecule has 49 heavy (non-hydrogen) atoms. The van der Waals surface area contributed by atoms with E-state index >= 15 is 0 Å². The van der Waals surface area contributed by atoms with Crippen molar-refractivity contribution in [1.29, 1.82) is 0 Å². The maximum Gasteiger partial charge on any atom is 0.419 e. The molecule has 0 bridgehead atoms. The SMILES string of the molecule is CN(C)C(=O)/C=C/CCC(OC(=O)N(C)C)C(=O)Nc1nccn(Cc2cc3cc(F)cc(CC(C)(C)C)c3n2C(=O)OC(C)(C)C)c1=O. The van der Waals surface area contributed by atoms with Gasteiger partial charge in [-0.2, -0.15) is 0 Å². The summed E-state index contributed by atoms with van der Waals surface area (Å²) in [6.45, 7) is 11.1. The number of halogens is 1. The predicted molar refractivity (Wildman–Crippen MR) is 184 cm³/mol. The second-order valence-corrected chi connectivity index (χ2v) is 14.4. The molecule has 0 saturated carbocycles. The summed E-state index contributed by atoms with van der Waals surface area (Å²) in [5.74, 6) is -1.84. The van der Waals surface area contributed by atoms with Gasteiger partial charge in [0.2, 0.25) is 5.91 Å². The summed E-state index contributed by atoms with van der Waals surface area (Å²) >= 11 is 0. The molecule has 2 heterocycles. The lowest BCUT2D eigenvalue weighted by Gasteiger charge is -2.23. The Labute approximate surface area is 285 Å². The van der Waals surface area contributed by atoms with Crippen molar-refractivity contribution in [3.63, 3.8) is 0 Å². The normalized spacial score (nSPS) is 12.6. The fraction of sp³-hybridized carbons (Fsp3) is 0.486. The standard InChI is InChI=1S/C35H47FN6O7/c1-34(2,3)20-23-18-24(36)17-22-19-25(42(28(22)23)33(47)49-35(4,5)6)21-41-16-15-37-29(31(41)45)38-30(44)26(48-32(46)40(9)10)13-11-12-14-27(43)39(7)8/h12,14-19,26H,11,13,20-21H2,1-10H3,(H,37,38,44)/b14-12+. The molecular formula is C35H47FN6O7. The van der Waals surface area contributed by atoms with Crippen LogP contribution in [0.4, 0.5) is 19.8 Å². The zero-order valence-corrected chi connectivity index (χ0v) is 29.9. The second-order valence-electron chi connectivity index (χ2n) is 14.4. The first kappa shape index (κ1) is 38.4. The summed E-state index contributed by atoms with van der Waals surface area (Å²) in [6.07, 6.45) is 3.52. The number of ether oxygens (including phenoxy) is 2. The molecule has 0 spiro atoms. The molecule has 1 N–H and O–H groups in total. The number of fused-ring (bicyclic) bond motifs is 1. The van der Waals surface area contributed by atoms with Crippen LogP contribution in [0, 0.1) is 11.2 Å². The van der Waals surface area contributed by atoms with Crippen molar-refractivity contribution < 1.29 is 33.0 Å². The van der Waals surface area contributed by atoms with Crippen molar-refractivity contribution in [2.24, 2.45) is 5.41 Å². The summed E-state index contributed by atoms with van der Waals surface area (Å²) in [6, 6.07) is 4.36. The number of rotatable bonds is 10. The molecule has 0 aliphatic heterocycles. The average Bonchev–Trinajstić information content (AvgIpc) is 3.32. The second kappa shape index (κ2) is 15.5. The van der Waals surface area contributed by atoms with E-state index in [4.69, 9.17) is 9.47 Å². The average molecular weight is 683 g/mol. The molecule has 14 heteroatoms. The molecule has 1 atom stereocenters. The topological polar surface area (TPSA) is 145 Å². The number of carbonyl (C=O) groups excluding carboxylic acids is 4. The number of hydrogen-bond acceptors (Lipinski definition) is 8. The van der Waals surface area contributed by atoms with E-state index in [-0.39, 0.29) is 36.5 Å². The minimum Gasteiger partial charge on any atom is -0.443 e. The molecule has 0 aliphatic rings. The molecular weight excluding hydrogens is 635 g/mol. The number of allylic oxidation sites excluding steroid dienone is 1. The molecule has 0 fully saturated rings. The monoisotopic (exact) mass is 682 g/mol. The van der Waals surface area contributed by atoms with Gasteiger partial charge in [0.25, 0.3) is 11.5 Å². The number of carbonyl (C=O) groups is 4. The van der Waals surface area contributed by atoms with E-state index in [0.717, 1.165) is 4.90 Å². The summed E-state index contributed by atoms with van der Waals surface area (Å²) in [4.78, 5) is 71.4. The van der Waals surface area contributed by atoms with Crippen LogP contribution < -0.4 is 10.9 Å². The van der Waals surface area contributed by atoms with Crippen molar-refractivity contribution in [2.45, 2.75) is 79.1 Å². The van der Waals surface area contributed by atoms with Crippen molar-refractivity contribution in [1.82, 2.24) is 23.9 Å². The lowest BCUT2D eigenvalue weighted by Crippen LogP contribution is -2.38. The van der Waals surface area contributed by atoms with Crippen LogP contribution in [0.3, 0.4) is 0 Å². The summed E-state index contributed by atoms with van der Waals surface area (Å²) in [5.41, 5.74) is -0.362. The van der Waals surface area contributed by atoms with Crippen LogP contribution in [-0.4, -0.2) is 87.8 Å². The van der Waals surface area contributed by atoms with Crippen LogP contribution >= 0.6 is 0 Å². The predicted octanol–water partition coefficient (Wildman–Crippen LogP) is 5.19. The molecule has 0 radical (unpaired) electrons. The molecule has 1 aromatic carbocycles. The number of nitrogens with one attached hydrogen (secondary N) is 1. The van der Waals surface area contributed by atoms with Gasteiger partial charge in [0.05, 0.1) is 17.8 Å². The van der Waals surface area contributed by atoms with Crippen LogP contribution in [0.1, 0.15) is 65.6 Å². The lowest BCUT2D eigenvalue weighted by molar-refractivity contribution is -0.125. The zero-order chi connectivity index (χ0) is 36.8. The van der Waals surface area contributed by atoms with Gasteiger partial charge in [-0.3, -0.25) is 14.4 Å². The Morgan fingerprint density at radius 3 is 2.29 bits per heavy atom. The van der Waals surface area contributed by atoms with E-state index in [0.29, 0.717) is 28.6 Å². The molecule has 0 saturated heterocycles. The van der Waals surface area contributed by atoms with E-state index in [1.807, 2.05) is 20.8 Å². The highest BCUT2D eigenvalue weighted by Crippen LogP contribution is 2.31. The third kappa shape index (κ3) is 10.7. The van der Waals surface area contributed by atoms with Crippen LogP contribution in [0.5, 0.6) is 0 Å². The van der Waals surface area contributed by atoms with Crippen molar-refractivity contribution in [2.75, 3.05) is 33.5 Å². The first-order chi connectivity index (χ1) is 22.7. The number of anilines is 1. The fourth-order valence-electron chi connectivity index (χ4n) is 4.87. The van der Waals surface area contributed by atoms with Gasteiger partial charge in [0.1, 0.15) is 11.4 Å². The van der Waals surface area contributed by atoms with Gasteiger partial charge in [-0.05, 0) is 75.3 Å². The summed E-state index contributed by atoms with van der Waals surface area (Å²) in [5, 5.41) is 2.92. The minimum absolute atomic E-state index is 0.0209. The van der Waals surface area contributed by atoms with Crippen LogP contribution in [0.25, 0.3) is 10.9 Å². The number of amides is 3. The van der Waals surface area contributed by atoms with Gasteiger partial charge >= 0.3 is 12.2 Å². The van der Waals surface area contributed by atoms with Gasteiger partial charge in [-0.15, -0.1) is 0 Å². The Hall–Kier alpha value is -5.01. The number of benzene rings is 1. The quantitative estimate of drug-likeness (QED) is 0.288. The van der Waals surface area contributed by atoms with Gasteiger partial charge in [-0.25, -0.2) is 23.5 Å². The maximum absolute atomic E-state index is 14.8. The van der Waals surface area contributed by atoms with E-state index in [1.54, 1.807) is 47.0 Å². The Morgan fingerprint density at radius 2 is 1.69 bits per heavy atom. The highest BCUT2D eigenvalue weighted by Gasteiger charge is 2.28. The third-order valence-electron chi connectivity index (χ3n) is 7.00. The Balaban J connectivity index is 2.00. The van der Waals surface area contributed by atoms with Gasteiger partial charge in [0, 0.05) is 46.0 Å². The van der Waals surface area contributed by atoms with E-state index in [9.17, 15) is 28.4 Å². The van der Waals surface area contributed by atoms with Crippen molar-refractivity contribution in [3.05, 3.63) is 70.2 Å². The van der Waals surface area contributed by atoms with Gasteiger partial charge in [0.15, 0.2) is 11.9 Å². The largest absolute Gasteiger partial charge is 0.443 e. The highest BCUT2D eigenvalue weighted by molar-refractivity contribution is 5.95. The lowest BCUT2D eigenvalue weighted by atomic mass is 9.87. The summed E-state index contributed by atoms with van der Waals surface area (Å²) in [7, 11) is 6.12. The minimum atomic E-state index is -1.31. The number of hydrogen-bond donors (Lipinski definition) is 1. The van der Waals surface area contributed by atoms with E-state index in [1.165, 1.54) is 58.7 Å².